The van der Waals surface area contributed by atoms with Crippen LogP contribution in [0.15, 0.2) is 0 Å². The Morgan fingerprint density at radius 2 is 1.55 bits per heavy atom. The minimum absolute atomic E-state index is 0.0681. The summed E-state index contributed by atoms with van der Waals surface area (Å²) in [5.74, 6) is 0.441. The molecule has 126 valence electrons. The summed E-state index contributed by atoms with van der Waals surface area (Å²) < 4.78 is 0. The first-order valence-electron chi connectivity index (χ1n) is 9.11. The highest BCUT2D eigenvalue weighted by Crippen LogP contribution is 2.88. The molecule has 3 rings (SSSR count). The van der Waals surface area contributed by atoms with Crippen molar-refractivity contribution in [1.82, 2.24) is 4.90 Å². The first-order valence-corrected chi connectivity index (χ1v) is 9.11. The molecule has 1 saturated heterocycles. The molecule has 2 saturated carbocycles. The first kappa shape index (κ1) is 16.5. The lowest BCUT2D eigenvalue weighted by Crippen LogP contribution is -2.50. The summed E-state index contributed by atoms with van der Waals surface area (Å²) >= 11 is 0. The minimum Gasteiger partial charge on any atom is -0.297 e. The summed E-state index contributed by atoms with van der Waals surface area (Å²) in [6.45, 7) is 19.1. The van der Waals surface area contributed by atoms with E-state index in [1.165, 1.54) is 19.3 Å². The molecule has 22 heavy (non-hydrogen) atoms. The van der Waals surface area contributed by atoms with Crippen LogP contribution >= 0.6 is 0 Å². The molecule has 2 nitrogen and oxygen atoms in total. The quantitative estimate of drug-likeness (QED) is 0.701. The minimum atomic E-state index is -0.245. The van der Waals surface area contributed by atoms with Gasteiger partial charge in [-0.15, -0.1) is 0 Å². The van der Waals surface area contributed by atoms with E-state index < -0.39 is 0 Å². The third-order valence-corrected chi connectivity index (χ3v) is 7.72. The van der Waals surface area contributed by atoms with Gasteiger partial charge in [-0.1, -0.05) is 41.0 Å². The summed E-state index contributed by atoms with van der Waals surface area (Å²) in [6.07, 6.45) is 5.24. The van der Waals surface area contributed by atoms with Gasteiger partial charge in [0.15, 0.2) is 5.78 Å². The molecule has 2 heteroatoms. The Bertz CT molecular complexity index is 501. The van der Waals surface area contributed by atoms with Crippen LogP contribution in [0.4, 0.5) is 0 Å². The van der Waals surface area contributed by atoms with Crippen molar-refractivity contribution in [3.05, 3.63) is 0 Å². The van der Waals surface area contributed by atoms with E-state index >= 15 is 0 Å². The lowest BCUT2D eigenvalue weighted by molar-refractivity contribution is -0.132. The van der Waals surface area contributed by atoms with Crippen LogP contribution in [-0.4, -0.2) is 28.8 Å². The Morgan fingerprint density at radius 3 is 1.86 bits per heavy atom. The number of hydrogen-bond acceptors (Lipinski definition) is 2. The van der Waals surface area contributed by atoms with Gasteiger partial charge in [-0.2, -0.15) is 0 Å². The van der Waals surface area contributed by atoms with E-state index in [9.17, 15) is 4.79 Å². The van der Waals surface area contributed by atoms with Crippen molar-refractivity contribution in [3.8, 4) is 0 Å². The van der Waals surface area contributed by atoms with Gasteiger partial charge < -0.3 is 0 Å². The van der Waals surface area contributed by atoms with Crippen molar-refractivity contribution in [2.45, 2.75) is 92.7 Å². The van der Waals surface area contributed by atoms with E-state index in [4.69, 9.17) is 0 Å². The summed E-state index contributed by atoms with van der Waals surface area (Å²) in [4.78, 5) is 15.7. The summed E-state index contributed by atoms with van der Waals surface area (Å²) in [5.41, 5.74) is 1.16. The predicted molar refractivity (Wildman–Crippen MR) is 91.8 cm³/mol. The molecule has 0 aromatic carbocycles. The van der Waals surface area contributed by atoms with Gasteiger partial charge in [-0.25, -0.2) is 0 Å². The van der Waals surface area contributed by atoms with Crippen molar-refractivity contribution >= 4 is 5.78 Å². The van der Waals surface area contributed by atoms with Crippen molar-refractivity contribution in [1.29, 1.82) is 0 Å². The summed E-state index contributed by atoms with van der Waals surface area (Å²) in [6, 6.07) is 0.110. The lowest BCUT2D eigenvalue weighted by atomic mass is 9.72. The van der Waals surface area contributed by atoms with E-state index in [0.29, 0.717) is 22.0 Å². The van der Waals surface area contributed by atoms with E-state index in [-0.39, 0.29) is 17.0 Å². The SMILES string of the molecule is CC(C)(C)C(=O)[C@@H]1C[C@@]2(CN1C(C)(C)C)C(C)(C)C21CCC1. The Kier molecular flexibility index (Phi) is 3.13. The number of rotatable bonds is 1. The number of fused-ring (bicyclic) bond motifs is 1. The zero-order chi connectivity index (χ0) is 16.8. The molecule has 2 atom stereocenters. The van der Waals surface area contributed by atoms with E-state index in [1.807, 2.05) is 0 Å². The predicted octanol–water partition coefficient (Wildman–Crippen LogP) is 4.67. The molecule has 0 bridgehead atoms. The molecule has 2 spiro atoms. The molecule has 1 heterocycles. The first-order chi connectivity index (χ1) is 9.80. The lowest BCUT2D eigenvalue weighted by Gasteiger charge is -2.38. The number of carbonyl (C=O) groups excluding carboxylic acids is 1. The van der Waals surface area contributed by atoms with Gasteiger partial charge in [-0.3, -0.25) is 9.69 Å². The Balaban J connectivity index is 1.96. The van der Waals surface area contributed by atoms with Crippen molar-refractivity contribution < 1.29 is 4.79 Å². The van der Waals surface area contributed by atoms with Crippen LogP contribution in [0.5, 0.6) is 0 Å². The smallest absolute Gasteiger partial charge is 0.155 e. The van der Waals surface area contributed by atoms with E-state index in [1.54, 1.807) is 0 Å². The maximum absolute atomic E-state index is 13.1. The number of nitrogens with zero attached hydrogens (tertiary/aromatic N) is 1. The highest BCUT2D eigenvalue weighted by molar-refractivity contribution is 5.89. The van der Waals surface area contributed by atoms with Gasteiger partial charge in [0.2, 0.25) is 0 Å². The fourth-order valence-electron chi connectivity index (χ4n) is 6.04. The highest BCUT2D eigenvalue weighted by atomic mass is 16.1. The molecule has 0 unspecified atom stereocenters. The standard InChI is InChI=1S/C20H35NO/c1-16(2,3)15(22)14-12-20(13-21(14)17(4,5)6)18(7,8)19(20)10-9-11-19/h14H,9-13H2,1-8H3/t14-,20+/m0/s1. The topological polar surface area (TPSA) is 20.3 Å². The second kappa shape index (κ2) is 4.18. The van der Waals surface area contributed by atoms with Crippen molar-refractivity contribution in [2.24, 2.45) is 21.7 Å². The van der Waals surface area contributed by atoms with Gasteiger partial charge in [0.05, 0.1) is 6.04 Å². The van der Waals surface area contributed by atoms with Gasteiger partial charge in [0.25, 0.3) is 0 Å². The van der Waals surface area contributed by atoms with Crippen LogP contribution in [0.1, 0.15) is 81.1 Å². The molecular formula is C20H35NO. The zero-order valence-electron chi connectivity index (χ0n) is 16.0. The third-order valence-electron chi connectivity index (χ3n) is 7.72. The third kappa shape index (κ3) is 1.74. The number of carbonyl (C=O) groups is 1. The molecule has 0 radical (unpaired) electrons. The van der Waals surface area contributed by atoms with Crippen LogP contribution < -0.4 is 0 Å². The normalized spacial score (nSPS) is 36.6. The summed E-state index contributed by atoms with van der Waals surface area (Å²) in [7, 11) is 0. The molecule has 0 amide bonds. The second-order valence-corrected chi connectivity index (χ2v) is 10.8. The fourth-order valence-corrected chi connectivity index (χ4v) is 6.04. The average molecular weight is 306 g/mol. The molecule has 0 aromatic heterocycles. The molecular weight excluding hydrogens is 270 g/mol. The maximum Gasteiger partial charge on any atom is 0.155 e. The Labute approximate surface area is 137 Å². The van der Waals surface area contributed by atoms with Crippen LogP contribution in [0.25, 0.3) is 0 Å². The zero-order valence-corrected chi connectivity index (χ0v) is 16.0. The number of Topliss-reactive ketones (excluding diaryl/α,β-unsaturated/α-hetero) is 1. The highest BCUT2D eigenvalue weighted by Gasteiger charge is 2.85. The monoisotopic (exact) mass is 305 g/mol. The van der Waals surface area contributed by atoms with Gasteiger partial charge in [-0.05, 0) is 56.3 Å². The van der Waals surface area contributed by atoms with Crippen LogP contribution in [0.2, 0.25) is 0 Å². The van der Waals surface area contributed by atoms with Gasteiger partial charge in [0.1, 0.15) is 0 Å². The van der Waals surface area contributed by atoms with Crippen LogP contribution in [0.3, 0.4) is 0 Å². The Hall–Kier alpha value is -0.370. The van der Waals surface area contributed by atoms with Gasteiger partial charge >= 0.3 is 0 Å². The second-order valence-electron chi connectivity index (χ2n) is 10.8. The summed E-state index contributed by atoms with van der Waals surface area (Å²) in [5, 5.41) is 0. The number of likely N-dealkylation sites (tertiary alicyclic amines) is 1. The van der Waals surface area contributed by atoms with E-state index in [2.05, 4.69) is 60.3 Å². The van der Waals surface area contributed by atoms with Crippen LogP contribution in [-0.2, 0) is 4.79 Å². The molecule has 0 aromatic rings. The van der Waals surface area contributed by atoms with E-state index in [0.717, 1.165) is 13.0 Å². The molecule has 1 aliphatic heterocycles. The van der Waals surface area contributed by atoms with Gasteiger partial charge in [0, 0.05) is 17.5 Å². The van der Waals surface area contributed by atoms with Crippen molar-refractivity contribution in [2.75, 3.05) is 6.54 Å². The van der Waals surface area contributed by atoms with Crippen molar-refractivity contribution in [3.63, 3.8) is 0 Å². The fraction of sp³-hybridized carbons (Fsp3) is 0.950. The maximum atomic E-state index is 13.1. The largest absolute Gasteiger partial charge is 0.297 e. The molecule has 3 aliphatic rings. The average Bonchev–Trinajstić information content (AvgIpc) is 2.58. The number of hydrogen-bond donors (Lipinski definition) is 0. The molecule has 2 aliphatic carbocycles. The molecule has 0 N–H and O–H groups in total. The number of ketones is 1. The molecule has 3 fully saturated rings. The van der Waals surface area contributed by atoms with Crippen LogP contribution in [0, 0.1) is 21.7 Å². The Morgan fingerprint density at radius 1 is 1.00 bits per heavy atom.